The predicted molar refractivity (Wildman–Crippen MR) is 112 cm³/mol. The standard InChI is InChI=1S/C8H9F.C8H18.C4H10.C3H6O/c1-6-3-4-8(9)7(2)5-6;1-4-5-6-7-8(2)3;1-4(2)3;1-3(2)4/h3-5H,1-2H3;8H,4-7H2,1-3H3;4H,1-3H3;1-2H3. The molecule has 0 radical (unpaired) electrons. The first-order valence-corrected chi connectivity index (χ1v) is 9.63. The Bertz CT molecular complexity index is 415. The van der Waals surface area contributed by atoms with Crippen molar-refractivity contribution in [3.8, 4) is 0 Å². The summed E-state index contributed by atoms with van der Waals surface area (Å²) in [4.78, 5) is 9.44. The van der Waals surface area contributed by atoms with Crippen LogP contribution in [-0.4, -0.2) is 5.78 Å². The van der Waals surface area contributed by atoms with Crippen molar-refractivity contribution >= 4 is 5.78 Å². The smallest absolute Gasteiger partial charge is 0.126 e. The number of aryl methyl sites for hydroxylation is 2. The van der Waals surface area contributed by atoms with Crippen molar-refractivity contribution in [1.29, 1.82) is 0 Å². The van der Waals surface area contributed by atoms with E-state index >= 15 is 0 Å². The van der Waals surface area contributed by atoms with Crippen LogP contribution < -0.4 is 0 Å². The first kappa shape index (κ1) is 28.6. The Balaban J connectivity index is -0.000000277. The van der Waals surface area contributed by atoms with Gasteiger partial charge in [0.15, 0.2) is 0 Å². The second-order valence-corrected chi connectivity index (χ2v) is 7.78. The van der Waals surface area contributed by atoms with Gasteiger partial charge in [-0.05, 0) is 51.2 Å². The van der Waals surface area contributed by atoms with Crippen LogP contribution in [0.3, 0.4) is 0 Å². The zero-order valence-corrected chi connectivity index (χ0v) is 18.5. The lowest BCUT2D eigenvalue weighted by atomic mass is 10.1. The van der Waals surface area contributed by atoms with Crippen molar-refractivity contribution in [1.82, 2.24) is 0 Å². The molecule has 0 aliphatic heterocycles. The lowest BCUT2D eigenvalue weighted by molar-refractivity contribution is -0.114. The fourth-order valence-corrected chi connectivity index (χ4v) is 1.60. The summed E-state index contributed by atoms with van der Waals surface area (Å²) in [6.07, 6.45) is 5.60. The van der Waals surface area contributed by atoms with Crippen LogP contribution in [0.1, 0.15) is 92.2 Å². The molecule has 0 unspecified atom stereocenters. The molecule has 1 rings (SSSR count). The van der Waals surface area contributed by atoms with Gasteiger partial charge in [0.1, 0.15) is 11.6 Å². The van der Waals surface area contributed by atoms with E-state index in [1.165, 1.54) is 45.6 Å². The first-order chi connectivity index (χ1) is 11.4. The second-order valence-electron chi connectivity index (χ2n) is 7.78. The molecular weight excluding hydrogens is 311 g/mol. The Morgan fingerprint density at radius 1 is 1.00 bits per heavy atom. The number of halogens is 1. The number of carbonyl (C=O) groups is 1. The lowest BCUT2D eigenvalue weighted by Crippen LogP contribution is -1.85. The summed E-state index contributed by atoms with van der Waals surface area (Å²) in [5.41, 5.74) is 1.82. The maximum Gasteiger partial charge on any atom is 0.126 e. The van der Waals surface area contributed by atoms with Crippen LogP contribution in [0.25, 0.3) is 0 Å². The molecule has 148 valence electrons. The second kappa shape index (κ2) is 19.1. The Morgan fingerprint density at radius 3 is 1.72 bits per heavy atom. The fourth-order valence-electron chi connectivity index (χ4n) is 1.60. The summed E-state index contributed by atoms with van der Waals surface area (Å²) < 4.78 is 12.5. The summed E-state index contributed by atoms with van der Waals surface area (Å²) in [5, 5.41) is 0. The lowest BCUT2D eigenvalue weighted by Gasteiger charge is -2.00. The van der Waals surface area contributed by atoms with Gasteiger partial charge in [0.05, 0.1) is 0 Å². The summed E-state index contributed by atoms with van der Waals surface area (Å²) in [7, 11) is 0. The van der Waals surface area contributed by atoms with Gasteiger partial charge >= 0.3 is 0 Å². The van der Waals surface area contributed by atoms with E-state index < -0.39 is 0 Å². The summed E-state index contributed by atoms with van der Waals surface area (Å²) >= 11 is 0. The molecule has 0 amide bonds. The molecule has 1 nitrogen and oxygen atoms in total. The molecule has 1 aromatic rings. The van der Waals surface area contributed by atoms with E-state index in [1.54, 1.807) is 13.0 Å². The Labute approximate surface area is 157 Å². The summed E-state index contributed by atoms with van der Waals surface area (Å²) in [6, 6.07) is 5.09. The molecule has 0 fully saturated rings. The van der Waals surface area contributed by atoms with E-state index in [0.29, 0.717) is 0 Å². The van der Waals surface area contributed by atoms with E-state index in [2.05, 4.69) is 41.5 Å². The number of benzene rings is 1. The quantitative estimate of drug-likeness (QED) is 0.502. The molecule has 0 aromatic heterocycles. The van der Waals surface area contributed by atoms with Crippen LogP contribution in [0.2, 0.25) is 0 Å². The van der Waals surface area contributed by atoms with Crippen molar-refractivity contribution in [2.24, 2.45) is 11.8 Å². The number of rotatable bonds is 4. The SMILES string of the molecule is CC(C)=O.CC(C)C.CCCCCC(C)C.Cc1ccc(F)c(C)c1. The largest absolute Gasteiger partial charge is 0.300 e. The maximum absolute atomic E-state index is 12.5. The van der Waals surface area contributed by atoms with Crippen molar-refractivity contribution < 1.29 is 9.18 Å². The normalized spacial score (nSPS) is 9.32. The summed E-state index contributed by atoms with van der Waals surface area (Å²) in [6.45, 7) is 20.1. The molecule has 1 aromatic carbocycles. The molecule has 0 saturated carbocycles. The van der Waals surface area contributed by atoms with Gasteiger partial charge in [-0.3, -0.25) is 0 Å². The highest BCUT2D eigenvalue weighted by molar-refractivity contribution is 5.72. The van der Waals surface area contributed by atoms with Gasteiger partial charge in [-0.15, -0.1) is 0 Å². The maximum atomic E-state index is 12.5. The minimum absolute atomic E-state index is 0.124. The van der Waals surface area contributed by atoms with Gasteiger partial charge in [-0.1, -0.05) is 84.9 Å². The van der Waals surface area contributed by atoms with Crippen LogP contribution in [0.5, 0.6) is 0 Å². The van der Waals surface area contributed by atoms with Gasteiger partial charge in [0.2, 0.25) is 0 Å². The molecule has 0 spiro atoms. The Morgan fingerprint density at radius 2 is 1.44 bits per heavy atom. The molecular formula is C23H43FO. The number of hydrogen-bond acceptors (Lipinski definition) is 1. The number of carbonyl (C=O) groups excluding carboxylic acids is 1. The topological polar surface area (TPSA) is 17.1 Å². The zero-order chi connectivity index (χ0) is 20.4. The molecule has 0 atom stereocenters. The Hall–Kier alpha value is -1.18. The third-order valence-electron chi connectivity index (χ3n) is 2.70. The average Bonchev–Trinajstić information content (AvgIpc) is 2.43. The van der Waals surface area contributed by atoms with Crippen LogP contribution >= 0.6 is 0 Å². The van der Waals surface area contributed by atoms with Crippen molar-refractivity contribution in [2.75, 3.05) is 0 Å². The van der Waals surface area contributed by atoms with Gasteiger partial charge in [-0.2, -0.15) is 0 Å². The van der Waals surface area contributed by atoms with E-state index in [0.717, 1.165) is 23.0 Å². The van der Waals surface area contributed by atoms with E-state index in [1.807, 2.05) is 13.0 Å². The number of unbranched alkanes of at least 4 members (excludes halogenated alkanes) is 2. The first-order valence-electron chi connectivity index (χ1n) is 9.63. The summed E-state index contributed by atoms with van der Waals surface area (Å²) in [5.74, 6) is 1.78. The van der Waals surface area contributed by atoms with Crippen LogP contribution in [0, 0.1) is 31.5 Å². The monoisotopic (exact) mass is 354 g/mol. The number of hydrogen-bond donors (Lipinski definition) is 0. The molecule has 0 aliphatic carbocycles. The molecule has 0 aliphatic rings. The highest BCUT2D eigenvalue weighted by atomic mass is 19.1. The molecule has 0 heterocycles. The molecule has 0 saturated heterocycles. The zero-order valence-electron chi connectivity index (χ0n) is 18.5. The van der Waals surface area contributed by atoms with E-state index in [-0.39, 0.29) is 11.6 Å². The van der Waals surface area contributed by atoms with Gasteiger partial charge in [0, 0.05) is 0 Å². The third kappa shape index (κ3) is 35.0. The van der Waals surface area contributed by atoms with E-state index in [4.69, 9.17) is 0 Å². The average molecular weight is 355 g/mol. The predicted octanol–water partition coefficient (Wildman–Crippen LogP) is 7.92. The number of Topliss-reactive ketones (excluding diaryl/α,β-unsaturated/α-hetero) is 1. The van der Waals surface area contributed by atoms with Crippen molar-refractivity contribution in [3.05, 3.63) is 35.1 Å². The number of ketones is 1. The van der Waals surface area contributed by atoms with Crippen molar-refractivity contribution in [2.45, 2.75) is 94.9 Å². The molecule has 25 heavy (non-hydrogen) atoms. The van der Waals surface area contributed by atoms with Gasteiger partial charge in [-0.25, -0.2) is 4.39 Å². The molecule has 2 heteroatoms. The van der Waals surface area contributed by atoms with Crippen LogP contribution in [0.4, 0.5) is 4.39 Å². The minimum Gasteiger partial charge on any atom is -0.300 e. The molecule has 0 bridgehead atoms. The highest BCUT2D eigenvalue weighted by Gasteiger charge is 1.93. The van der Waals surface area contributed by atoms with Crippen LogP contribution in [-0.2, 0) is 4.79 Å². The highest BCUT2D eigenvalue weighted by Crippen LogP contribution is 2.07. The van der Waals surface area contributed by atoms with Gasteiger partial charge in [0.25, 0.3) is 0 Å². The Kier molecular flexibility index (Phi) is 21.9. The van der Waals surface area contributed by atoms with E-state index in [9.17, 15) is 9.18 Å². The van der Waals surface area contributed by atoms with Crippen molar-refractivity contribution in [3.63, 3.8) is 0 Å². The molecule has 0 N–H and O–H groups in total. The minimum atomic E-state index is -0.124. The third-order valence-corrected chi connectivity index (χ3v) is 2.70. The van der Waals surface area contributed by atoms with Gasteiger partial charge < -0.3 is 4.79 Å². The van der Waals surface area contributed by atoms with Crippen LogP contribution in [0.15, 0.2) is 18.2 Å². The fraction of sp³-hybridized carbons (Fsp3) is 0.696.